The van der Waals surface area contributed by atoms with Gasteiger partial charge in [0.25, 0.3) is 0 Å². The van der Waals surface area contributed by atoms with Crippen LogP contribution in [0.4, 0.5) is 0 Å². The van der Waals surface area contributed by atoms with Gasteiger partial charge in [0.1, 0.15) is 0 Å². The highest BCUT2D eigenvalue weighted by Gasteiger charge is 1.51. The lowest BCUT2D eigenvalue weighted by molar-refractivity contribution is 0.215. The van der Waals surface area contributed by atoms with Crippen molar-refractivity contribution in [2.24, 2.45) is 0 Å². The fraction of sp³-hybridized carbons (Fsp3) is 1.00. The summed E-state index contributed by atoms with van der Waals surface area (Å²) in [4.78, 5) is 0. The van der Waals surface area contributed by atoms with Gasteiger partial charge in [-0.1, -0.05) is 57.4 Å². The average Bonchev–Trinajstić information content (AvgIpc) is 1.69. The van der Waals surface area contributed by atoms with E-state index >= 15 is 0 Å². The zero-order valence-corrected chi connectivity index (χ0v) is 5.82. The Morgan fingerprint density at radius 3 is 0.833 bits per heavy atom. The molecule has 0 atom stereocenters. The minimum atomic E-state index is 0. The average molecular weight is 184 g/mol. The predicted octanol–water partition coefficient (Wildman–Crippen LogP) is 5.25. The molecule has 0 amide bonds. The van der Waals surface area contributed by atoms with E-state index in [1.165, 1.54) is 6.42 Å². The summed E-state index contributed by atoms with van der Waals surface area (Å²) < 4.78 is 4.54. The lowest BCUT2D eigenvalue weighted by Crippen LogP contribution is -1.73. The third-order valence-corrected chi connectivity index (χ3v) is 0.289. The van der Waals surface area contributed by atoms with Crippen LogP contribution in [0.25, 0.3) is 0 Å². The molecule has 0 radical (unpaired) electrons. The van der Waals surface area contributed by atoms with Crippen molar-refractivity contribution in [1.29, 1.82) is 0 Å². The maximum absolute atomic E-state index is 4.54. The molecule has 0 rings (SSSR count). The van der Waals surface area contributed by atoms with Crippen LogP contribution in [0.15, 0.2) is 0 Å². The molecule has 0 fully saturated rings. The van der Waals surface area contributed by atoms with Crippen LogP contribution in [0.5, 0.6) is 0 Å². The van der Waals surface area contributed by atoms with Crippen LogP contribution in [0.2, 0.25) is 0 Å². The molecule has 0 saturated carbocycles. The van der Waals surface area contributed by atoms with Gasteiger partial charge in [-0.25, -0.2) is 0 Å². The number of rotatable bonds is 1. The van der Waals surface area contributed by atoms with Crippen LogP contribution < -0.4 is 0 Å². The standard InChI is InChI=1S/C3H8O.C3H8.5CH4/c1-3-4-2;1-3-2;;;;;/h3H2,1-2H3;3H2,1-2H3;5*1H4. The van der Waals surface area contributed by atoms with Crippen molar-refractivity contribution in [1.82, 2.24) is 0 Å². The molecule has 0 aliphatic carbocycles. The number of hydrogen-bond donors (Lipinski definition) is 0. The Labute approximate surface area is 83.5 Å². The predicted molar refractivity (Wildman–Crippen MR) is 67.2 cm³/mol. The molecule has 0 heterocycles. The quantitative estimate of drug-likeness (QED) is 0.541. The Hall–Kier alpha value is -0.0400. The normalized spacial score (nSPS) is 4.00. The summed E-state index contributed by atoms with van der Waals surface area (Å²) in [5, 5.41) is 0. The van der Waals surface area contributed by atoms with E-state index in [0.717, 1.165) is 6.61 Å². The first-order valence-electron chi connectivity index (χ1n) is 2.82. The molecule has 1 nitrogen and oxygen atoms in total. The minimum absolute atomic E-state index is 0. The Bertz CT molecular complexity index is 12.5. The second-order valence-corrected chi connectivity index (χ2v) is 1.28. The van der Waals surface area contributed by atoms with Crippen molar-refractivity contribution in [2.45, 2.75) is 64.3 Å². The topological polar surface area (TPSA) is 9.23 Å². The Balaban J connectivity index is -0.00000000597. The lowest BCUT2D eigenvalue weighted by atomic mass is 10.6. The highest BCUT2D eigenvalue weighted by molar-refractivity contribution is 3.94. The van der Waals surface area contributed by atoms with E-state index in [0.29, 0.717) is 0 Å². The molecule has 0 saturated heterocycles. The van der Waals surface area contributed by atoms with Gasteiger partial charge in [0.2, 0.25) is 0 Å². The first kappa shape index (κ1) is 58.4. The van der Waals surface area contributed by atoms with Crippen LogP contribution in [0.3, 0.4) is 0 Å². The van der Waals surface area contributed by atoms with Gasteiger partial charge in [-0.15, -0.1) is 0 Å². The molecule has 12 heavy (non-hydrogen) atoms. The van der Waals surface area contributed by atoms with E-state index in [9.17, 15) is 0 Å². The summed E-state index contributed by atoms with van der Waals surface area (Å²) in [6.07, 6.45) is 1.25. The molecule has 0 bridgehead atoms. The van der Waals surface area contributed by atoms with Crippen LogP contribution in [0.1, 0.15) is 64.3 Å². The van der Waals surface area contributed by atoms with Crippen LogP contribution in [-0.4, -0.2) is 13.7 Å². The molecule has 0 aliphatic rings. The van der Waals surface area contributed by atoms with Crippen LogP contribution >= 0.6 is 0 Å². The van der Waals surface area contributed by atoms with Gasteiger partial charge in [-0.05, 0) is 6.92 Å². The molecular weight excluding hydrogens is 148 g/mol. The summed E-state index contributed by atoms with van der Waals surface area (Å²) in [5.74, 6) is 0. The van der Waals surface area contributed by atoms with Gasteiger partial charge in [0.05, 0.1) is 0 Å². The first-order chi connectivity index (χ1) is 3.33. The van der Waals surface area contributed by atoms with Gasteiger partial charge >= 0.3 is 0 Å². The molecule has 0 aromatic rings. The van der Waals surface area contributed by atoms with E-state index in [1.807, 2.05) is 6.92 Å². The number of ether oxygens (including phenoxy) is 1. The van der Waals surface area contributed by atoms with Gasteiger partial charge in [-0.3, -0.25) is 0 Å². The molecule has 0 unspecified atom stereocenters. The molecule has 0 spiro atoms. The van der Waals surface area contributed by atoms with Crippen molar-refractivity contribution >= 4 is 0 Å². The summed E-state index contributed by atoms with van der Waals surface area (Å²) in [7, 11) is 1.68. The minimum Gasteiger partial charge on any atom is -0.385 e. The highest BCUT2D eigenvalue weighted by Crippen LogP contribution is 1.56. The lowest BCUT2D eigenvalue weighted by Gasteiger charge is -1.76. The number of methoxy groups -OCH3 is 1. The maximum atomic E-state index is 4.54. The summed E-state index contributed by atoms with van der Waals surface area (Å²) in [6.45, 7) is 7.03. The largest absolute Gasteiger partial charge is 0.385 e. The second-order valence-electron chi connectivity index (χ2n) is 1.28. The Morgan fingerprint density at radius 2 is 0.833 bits per heavy atom. The van der Waals surface area contributed by atoms with Crippen molar-refractivity contribution < 1.29 is 4.74 Å². The molecule has 0 N–H and O–H groups in total. The van der Waals surface area contributed by atoms with E-state index in [1.54, 1.807) is 7.11 Å². The van der Waals surface area contributed by atoms with Crippen molar-refractivity contribution in [3.05, 3.63) is 0 Å². The summed E-state index contributed by atoms with van der Waals surface area (Å²) >= 11 is 0. The zero-order chi connectivity index (χ0) is 6.12. The fourth-order valence-electron chi connectivity index (χ4n) is 0. The molecule has 0 aliphatic heterocycles. The second kappa shape index (κ2) is 124. The van der Waals surface area contributed by atoms with E-state index in [2.05, 4.69) is 18.6 Å². The van der Waals surface area contributed by atoms with Gasteiger partial charge in [0.15, 0.2) is 0 Å². The summed E-state index contributed by atoms with van der Waals surface area (Å²) in [6, 6.07) is 0. The Morgan fingerprint density at radius 1 is 0.750 bits per heavy atom. The number of hydrogen-bond acceptors (Lipinski definition) is 1. The van der Waals surface area contributed by atoms with Crippen LogP contribution in [-0.2, 0) is 4.74 Å². The zero-order valence-electron chi connectivity index (χ0n) is 5.82. The van der Waals surface area contributed by atoms with E-state index in [4.69, 9.17) is 0 Å². The van der Waals surface area contributed by atoms with Gasteiger partial charge < -0.3 is 4.74 Å². The van der Waals surface area contributed by atoms with E-state index < -0.39 is 0 Å². The summed E-state index contributed by atoms with van der Waals surface area (Å²) in [5.41, 5.74) is 0. The molecule has 86 valence electrons. The molecule has 0 aromatic heterocycles. The third kappa shape index (κ3) is 868. The highest BCUT2D eigenvalue weighted by atomic mass is 16.5. The smallest absolute Gasteiger partial charge is 0.0433 e. The van der Waals surface area contributed by atoms with Gasteiger partial charge in [-0.2, -0.15) is 0 Å². The van der Waals surface area contributed by atoms with Crippen LogP contribution in [0, 0.1) is 0 Å². The Kier molecular flexibility index (Phi) is 604. The molecule has 0 aromatic carbocycles. The SMILES string of the molecule is C.C.C.C.C.CCC.CCOC. The fourth-order valence-corrected chi connectivity index (χ4v) is 0. The van der Waals surface area contributed by atoms with Crippen molar-refractivity contribution in [3.8, 4) is 0 Å². The van der Waals surface area contributed by atoms with Crippen molar-refractivity contribution in [3.63, 3.8) is 0 Å². The maximum Gasteiger partial charge on any atom is 0.0433 e. The molecular formula is C11H36O. The van der Waals surface area contributed by atoms with Gasteiger partial charge in [0, 0.05) is 13.7 Å². The monoisotopic (exact) mass is 184 g/mol. The van der Waals surface area contributed by atoms with Crippen molar-refractivity contribution in [2.75, 3.05) is 13.7 Å². The van der Waals surface area contributed by atoms with E-state index in [-0.39, 0.29) is 37.1 Å². The third-order valence-electron chi connectivity index (χ3n) is 0.289. The molecule has 1 heteroatoms. The first-order valence-corrected chi connectivity index (χ1v) is 2.82.